The maximum absolute atomic E-state index is 13.6. The first-order chi connectivity index (χ1) is 12.6. The Kier molecular flexibility index (Phi) is 4.69. The van der Waals surface area contributed by atoms with Crippen molar-refractivity contribution in [2.24, 2.45) is 0 Å². The molecular formula is C20H28N4O2. The van der Waals surface area contributed by atoms with E-state index in [1.165, 1.54) is 0 Å². The summed E-state index contributed by atoms with van der Waals surface area (Å²) in [4.78, 5) is 20.3. The van der Waals surface area contributed by atoms with Crippen molar-refractivity contribution in [3.05, 3.63) is 23.0 Å². The zero-order valence-electron chi connectivity index (χ0n) is 15.9. The molecule has 2 aliphatic rings. The number of hydrogen-bond acceptors (Lipinski definition) is 5. The van der Waals surface area contributed by atoms with E-state index >= 15 is 0 Å². The summed E-state index contributed by atoms with van der Waals surface area (Å²) in [5.74, 6) is 0.746. The molecule has 0 aromatic carbocycles. The summed E-state index contributed by atoms with van der Waals surface area (Å²) < 4.78 is 5.54. The van der Waals surface area contributed by atoms with Crippen LogP contribution >= 0.6 is 0 Å². The molecule has 1 N–H and O–H groups in total. The van der Waals surface area contributed by atoms with Gasteiger partial charge in [-0.25, -0.2) is 4.98 Å². The first-order valence-corrected chi connectivity index (χ1v) is 9.92. The smallest absolute Gasteiger partial charge is 0.259 e. The van der Waals surface area contributed by atoms with Crippen molar-refractivity contribution in [2.75, 3.05) is 19.6 Å². The van der Waals surface area contributed by atoms with Gasteiger partial charge < -0.3 is 14.7 Å². The van der Waals surface area contributed by atoms with Gasteiger partial charge in [-0.15, -0.1) is 0 Å². The van der Waals surface area contributed by atoms with Gasteiger partial charge in [0.1, 0.15) is 0 Å². The van der Waals surface area contributed by atoms with Crippen molar-refractivity contribution in [2.45, 2.75) is 64.3 Å². The zero-order valence-corrected chi connectivity index (χ0v) is 15.9. The number of nitrogens with zero attached hydrogens (tertiary/aromatic N) is 3. The molecule has 1 saturated carbocycles. The molecule has 1 amide bonds. The molecule has 2 aromatic heterocycles. The number of fused-ring (bicyclic) bond motifs is 1. The van der Waals surface area contributed by atoms with Crippen LogP contribution in [0.5, 0.6) is 0 Å². The third-order valence-corrected chi connectivity index (χ3v) is 5.47. The Morgan fingerprint density at radius 2 is 2.19 bits per heavy atom. The highest BCUT2D eigenvalue weighted by molar-refractivity contribution is 6.06. The fourth-order valence-electron chi connectivity index (χ4n) is 3.89. The van der Waals surface area contributed by atoms with Crippen LogP contribution in [0.15, 0.2) is 10.6 Å². The first kappa shape index (κ1) is 17.5. The molecule has 0 radical (unpaired) electrons. The monoisotopic (exact) mass is 356 g/mol. The van der Waals surface area contributed by atoms with Crippen LogP contribution in [0.1, 0.15) is 80.0 Å². The average Bonchev–Trinajstić information content (AvgIpc) is 3.17. The zero-order chi connectivity index (χ0) is 18.3. The molecule has 3 heterocycles. The van der Waals surface area contributed by atoms with Crippen LogP contribution in [0.25, 0.3) is 11.1 Å². The molecule has 1 atom stereocenters. The Hall–Kier alpha value is -1.95. The number of hydrogen-bond donors (Lipinski definition) is 1. The minimum Gasteiger partial charge on any atom is -0.335 e. The largest absolute Gasteiger partial charge is 0.335 e. The van der Waals surface area contributed by atoms with Gasteiger partial charge in [0.15, 0.2) is 0 Å². The van der Waals surface area contributed by atoms with Gasteiger partial charge in [0.25, 0.3) is 11.6 Å². The van der Waals surface area contributed by atoms with E-state index < -0.39 is 0 Å². The van der Waals surface area contributed by atoms with Crippen molar-refractivity contribution in [1.29, 1.82) is 0 Å². The maximum Gasteiger partial charge on any atom is 0.259 e. The van der Waals surface area contributed by atoms with Crippen LogP contribution in [0, 0.1) is 0 Å². The van der Waals surface area contributed by atoms with Gasteiger partial charge in [-0.2, -0.15) is 0 Å². The Morgan fingerprint density at radius 3 is 2.81 bits per heavy atom. The molecule has 1 unspecified atom stereocenters. The van der Waals surface area contributed by atoms with Crippen molar-refractivity contribution in [3.8, 4) is 0 Å². The van der Waals surface area contributed by atoms with Crippen molar-refractivity contribution >= 4 is 17.0 Å². The van der Waals surface area contributed by atoms with E-state index in [9.17, 15) is 4.79 Å². The number of rotatable bonds is 6. The minimum absolute atomic E-state index is 0.0972. The van der Waals surface area contributed by atoms with Gasteiger partial charge >= 0.3 is 0 Å². The summed E-state index contributed by atoms with van der Waals surface area (Å²) in [6, 6.07) is 2.27. The maximum atomic E-state index is 13.6. The number of nitrogens with one attached hydrogen (secondary N) is 1. The molecule has 1 aliphatic heterocycles. The lowest BCUT2D eigenvalue weighted by molar-refractivity contribution is 0.0694. The molecule has 0 spiro atoms. The molecule has 2 fully saturated rings. The molecule has 1 aliphatic carbocycles. The minimum atomic E-state index is 0.0972. The molecule has 26 heavy (non-hydrogen) atoms. The second-order valence-electron chi connectivity index (χ2n) is 7.92. The lowest BCUT2D eigenvalue weighted by Gasteiger charge is -2.28. The van der Waals surface area contributed by atoms with Crippen LogP contribution in [-0.4, -0.2) is 46.6 Å². The van der Waals surface area contributed by atoms with Crippen LogP contribution in [0.3, 0.4) is 0 Å². The van der Waals surface area contributed by atoms with E-state index in [0.29, 0.717) is 11.6 Å². The Labute approximate surface area is 154 Å². The molecule has 2 aromatic rings. The van der Waals surface area contributed by atoms with Gasteiger partial charge in [0.2, 0.25) is 0 Å². The van der Waals surface area contributed by atoms with Crippen LogP contribution < -0.4 is 5.32 Å². The number of carbonyl (C=O) groups excluding carboxylic acids is 1. The van der Waals surface area contributed by atoms with Gasteiger partial charge in [-0.3, -0.25) is 4.79 Å². The van der Waals surface area contributed by atoms with E-state index in [2.05, 4.69) is 36.2 Å². The molecule has 6 nitrogen and oxygen atoms in total. The molecule has 6 heteroatoms. The van der Waals surface area contributed by atoms with Crippen molar-refractivity contribution < 1.29 is 9.32 Å². The average molecular weight is 356 g/mol. The summed E-state index contributed by atoms with van der Waals surface area (Å²) in [6.45, 7) is 8.89. The highest BCUT2D eigenvalue weighted by Crippen LogP contribution is 2.41. The predicted octanol–water partition coefficient (Wildman–Crippen LogP) is 3.44. The third-order valence-electron chi connectivity index (χ3n) is 5.47. The Bertz CT molecular complexity index is 803. The number of aromatic nitrogens is 2. The van der Waals surface area contributed by atoms with E-state index in [-0.39, 0.29) is 17.9 Å². The van der Waals surface area contributed by atoms with Crippen LogP contribution in [-0.2, 0) is 0 Å². The lowest BCUT2D eigenvalue weighted by Crippen LogP contribution is -2.42. The Balaban J connectivity index is 1.81. The predicted molar refractivity (Wildman–Crippen MR) is 100 cm³/mol. The topological polar surface area (TPSA) is 71.3 Å². The van der Waals surface area contributed by atoms with E-state index in [1.807, 2.05) is 11.0 Å². The summed E-state index contributed by atoms with van der Waals surface area (Å²) in [6.07, 6.45) is 4.24. The summed E-state index contributed by atoms with van der Waals surface area (Å²) >= 11 is 0. The summed E-state index contributed by atoms with van der Waals surface area (Å²) in [7, 11) is 0. The first-order valence-electron chi connectivity index (χ1n) is 9.92. The number of amides is 1. The molecular weight excluding hydrogens is 328 g/mol. The lowest BCUT2D eigenvalue weighted by atomic mass is 10.0. The number of pyridine rings is 1. The second-order valence-corrected chi connectivity index (χ2v) is 7.92. The second kappa shape index (κ2) is 6.99. The van der Waals surface area contributed by atoms with Crippen LogP contribution in [0.4, 0.5) is 0 Å². The third kappa shape index (κ3) is 3.11. The summed E-state index contributed by atoms with van der Waals surface area (Å²) in [5, 5.41) is 8.43. The fourth-order valence-corrected chi connectivity index (χ4v) is 3.89. The molecule has 1 saturated heterocycles. The molecule has 0 bridgehead atoms. The van der Waals surface area contributed by atoms with Crippen molar-refractivity contribution in [3.63, 3.8) is 0 Å². The summed E-state index contributed by atoms with van der Waals surface area (Å²) in [5.41, 5.74) is 3.05. The van der Waals surface area contributed by atoms with Gasteiger partial charge in [-0.1, -0.05) is 25.9 Å². The Morgan fingerprint density at radius 1 is 1.38 bits per heavy atom. The van der Waals surface area contributed by atoms with Crippen LogP contribution in [0.2, 0.25) is 0 Å². The SMILES string of the molecule is CCCN(C(=O)c1cc(C2CC2)nc2onc(C(C)C)c12)C1CCNC1. The van der Waals surface area contributed by atoms with E-state index in [0.717, 1.165) is 67.7 Å². The highest BCUT2D eigenvalue weighted by atomic mass is 16.5. The van der Waals surface area contributed by atoms with Gasteiger partial charge in [-0.05, 0) is 44.2 Å². The van der Waals surface area contributed by atoms with E-state index in [4.69, 9.17) is 4.52 Å². The quantitative estimate of drug-likeness (QED) is 0.858. The van der Waals surface area contributed by atoms with Gasteiger partial charge in [0.05, 0.1) is 16.6 Å². The standard InChI is InChI=1S/C20H28N4O2/c1-4-9-24(14-7-8-21-11-14)20(25)15-10-16(13-5-6-13)22-19-17(15)18(12(2)3)23-26-19/h10,12-14,21H,4-9,11H2,1-3H3. The van der Waals surface area contributed by atoms with Gasteiger partial charge in [0, 0.05) is 30.7 Å². The van der Waals surface area contributed by atoms with E-state index in [1.54, 1.807) is 0 Å². The number of carbonyl (C=O) groups is 1. The molecule has 140 valence electrons. The van der Waals surface area contributed by atoms with Crippen molar-refractivity contribution in [1.82, 2.24) is 20.4 Å². The fraction of sp³-hybridized carbons (Fsp3) is 0.650. The molecule has 4 rings (SSSR count). The normalized spacial score (nSPS) is 20.2. The highest BCUT2D eigenvalue weighted by Gasteiger charge is 2.33.